The maximum absolute atomic E-state index is 14.0. The van der Waals surface area contributed by atoms with Gasteiger partial charge in [0.25, 0.3) is 5.91 Å². The first-order chi connectivity index (χ1) is 18.8. The minimum atomic E-state index is -4.52. The Hall–Kier alpha value is -3.62. The fourth-order valence-electron chi connectivity index (χ4n) is 5.61. The lowest BCUT2D eigenvalue weighted by Crippen LogP contribution is -2.38. The first kappa shape index (κ1) is 25.6. The highest BCUT2D eigenvalue weighted by atomic mass is 35.5. The molecule has 5 nitrogen and oxygen atoms in total. The van der Waals surface area contributed by atoms with E-state index in [2.05, 4.69) is 15.6 Å². The molecule has 6 rings (SSSR count). The molecular weight excluding hydrogens is 525 g/mol. The Kier molecular flexibility index (Phi) is 6.69. The van der Waals surface area contributed by atoms with Crippen molar-refractivity contribution in [3.8, 4) is 11.1 Å². The van der Waals surface area contributed by atoms with Crippen molar-refractivity contribution < 1.29 is 18.0 Å². The smallest absolute Gasteiger partial charge is 0.356 e. The number of alkyl halides is 3. The van der Waals surface area contributed by atoms with Crippen LogP contribution in [0.2, 0.25) is 5.02 Å². The Morgan fingerprint density at radius 2 is 1.82 bits per heavy atom. The van der Waals surface area contributed by atoms with Crippen molar-refractivity contribution in [1.82, 2.24) is 10.3 Å². The minimum absolute atomic E-state index is 0.0178. The van der Waals surface area contributed by atoms with Crippen molar-refractivity contribution in [3.05, 3.63) is 88.6 Å². The summed E-state index contributed by atoms with van der Waals surface area (Å²) in [5.41, 5.74) is 2.91. The fraction of sp³-hybridized carbons (Fsp3) is 0.267. The second-order valence-electron chi connectivity index (χ2n) is 10.1. The number of nitrogens with zero attached hydrogens (tertiary/aromatic N) is 2. The number of hydrogen-bond acceptors (Lipinski definition) is 4. The Bertz CT molecular complexity index is 1560. The molecule has 1 fully saturated rings. The van der Waals surface area contributed by atoms with Gasteiger partial charge in [0, 0.05) is 53.1 Å². The van der Waals surface area contributed by atoms with Gasteiger partial charge >= 0.3 is 6.18 Å². The standard InChI is InChI=1S/C30H26ClF3N4O/c31-22-4-1-3-19(13-22)21-14-25(30(32,33)34)28(36-17-21)38-11-9-18(10-12-38)15-35-16-20-7-8-26-27-23(20)5-2-6-24(27)29(39)37-26/h1-8,13-14,17-18,35H,9-12,15-16H2,(H,37,39). The summed E-state index contributed by atoms with van der Waals surface area (Å²) < 4.78 is 42.1. The van der Waals surface area contributed by atoms with Gasteiger partial charge in [-0.2, -0.15) is 13.2 Å². The van der Waals surface area contributed by atoms with Crippen molar-refractivity contribution in [2.24, 2.45) is 5.92 Å². The molecule has 0 saturated carbocycles. The van der Waals surface area contributed by atoms with Crippen LogP contribution in [0, 0.1) is 5.92 Å². The van der Waals surface area contributed by atoms with Crippen LogP contribution in [-0.2, 0) is 12.7 Å². The largest absolute Gasteiger partial charge is 0.419 e. The third kappa shape index (κ3) is 5.06. The summed E-state index contributed by atoms with van der Waals surface area (Å²) in [7, 11) is 0. The van der Waals surface area contributed by atoms with Gasteiger partial charge in [0.15, 0.2) is 0 Å². The third-order valence-electron chi connectivity index (χ3n) is 7.62. The summed E-state index contributed by atoms with van der Waals surface area (Å²) in [5, 5.41) is 8.91. The molecule has 39 heavy (non-hydrogen) atoms. The van der Waals surface area contributed by atoms with Gasteiger partial charge in [-0.1, -0.05) is 41.9 Å². The number of rotatable bonds is 6. The molecule has 0 spiro atoms. The van der Waals surface area contributed by atoms with E-state index >= 15 is 0 Å². The lowest BCUT2D eigenvalue weighted by Gasteiger charge is -2.34. The number of nitrogens with one attached hydrogen (secondary N) is 2. The van der Waals surface area contributed by atoms with Crippen molar-refractivity contribution >= 4 is 39.8 Å². The van der Waals surface area contributed by atoms with Crippen LogP contribution in [0.15, 0.2) is 66.9 Å². The summed E-state index contributed by atoms with van der Waals surface area (Å²) in [6.45, 7) is 2.43. The summed E-state index contributed by atoms with van der Waals surface area (Å²) in [6, 6.07) is 17.7. The van der Waals surface area contributed by atoms with E-state index < -0.39 is 11.7 Å². The van der Waals surface area contributed by atoms with Crippen molar-refractivity contribution in [3.63, 3.8) is 0 Å². The van der Waals surface area contributed by atoms with Crippen LogP contribution in [-0.4, -0.2) is 30.5 Å². The molecule has 0 radical (unpaired) electrons. The van der Waals surface area contributed by atoms with Gasteiger partial charge in [0.1, 0.15) is 5.82 Å². The zero-order valence-electron chi connectivity index (χ0n) is 21.0. The summed E-state index contributed by atoms with van der Waals surface area (Å²) in [5.74, 6) is 0.256. The molecule has 4 aromatic rings. The predicted octanol–water partition coefficient (Wildman–Crippen LogP) is 7.15. The number of amides is 1. The van der Waals surface area contributed by atoms with Gasteiger partial charge in [-0.25, -0.2) is 4.98 Å². The SMILES string of the molecule is O=C1Nc2ccc(CNCC3CCN(c4ncc(-c5cccc(Cl)c5)cc4C(F)(F)F)CC3)c3cccc1c23. The molecule has 0 aliphatic carbocycles. The molecule has 0 atom stereocenters. The van der Waals surface area contributed by atoms with Crippen LogP contribution in [0.25, 0.3) is 21.9 Å². The van der Waals surface area contributed by atoms with E-state index in [-0.39, 0.29) is 11.7 Å². The first-order valence-corrected chi connectivity index (χ1v) is 13.3. The Balaban J connectivity index is 1.10. The number of pyridine rings is 1. The van der Waals surface area contributed by atoms with Crippen LogP contribution >= 0.6 is 11.6 Å². The second kappa shape index (κ2) is 10.2. The highest BCUT2D eigenvalue weighted by molar-refractivity contribution is 6.30. The van der Waals surface area contributed by atoms with Crippen molar-refractivity contribution in [1.29, 1.82) is 0 Å². The molecule has 0 unspecified atom stereocenters. The van der Waals surface area contributed by atoms with Crippen molar-refractivity contribution in [2.75, 3.05) is 29.9 Å². The molecule has 2 N–H and O–H groups in total. The van der Waals surface area contributed by atoms with Gasteiger partial charge < -0.3 is 15.5 Å². The van der Waals surface area contributed by atoms with Crippen LogP contribution in [0.5, 0.6) is 0 Å². The highest BCUT2D eigenvalue weighted by Gasteiger charge is 2.37. The molecule has 2 aliphatic heterocycles. The number of benzene rings is 3. The summed E-state index contributed by atoms with van der Waals surface area (Å²) >= 11 is 6.04. The lowest BCUT2D eigenvalue weighted by molar-refractivity contribution is -0.137. The van der Waals surface area contributed by atoms with E-state index in [0.717, 1.165) is 41.4 Å². The first-order valence-electron chi connectivity index (χ1n) is 12.9. The predicted molar refractivity (Wildman–Crippen MR) is 148 cm³/mol. The Morgan fingerprint density at radius 3 is 2.59 bits per heavy atom. The van der Waals surface area contributed by atoms with Crippen molar-refractivity contribution in [2.45, 2.75) is 25.6 Å². The zero-order chi connectivity index (χ0) is 27.1. The normalized spacial score (nSPS) is 15.7. The van der Waals surface area contributed by atoms with Crippen LogP contribution < -0.4 is 15.5 Å². The number of piperidine rings is 1. The van der Waals surface area contributed by atoms with E-state index in [0.29, 0.717) is 47.3 Å². The van der Waals surface area contributed by atoms with Crippen LogP contribution in [0.3, 0.4) is 0 Å². The molecule has 1 saturated heterocycles. The summed E-state index contributed by atoms with van der Waals surface area (Å²) in [4.78, 5) is 18.2. The number of anilines is 2. The number of aromatic nitrogens is 1. The molecule has 9 heteroatoms. The Labute approximate surface area is 229 Å². The Morgan fingerprint density at radius 1 is 1.03 bits per heavy atom. The maximum Gasteiger partial charge on any atom is 0.419 e. The average molecular weight is 551 g/mol. The second-order valence-corrected chi connectivity index (χ2v) is 10.6. The number of carbonyl (C=O) groups excluding carboxylic acids is 1. The lowest BCUT2D eigenvalue weighted by atomic mass is 9.95. The molecule has 2 aliphatic rings. The van der Waals surface area contributed by atoms with E-state index in [1.807, 2.05) is 30.3 Å². The van der Waals surface area contributed by atoms with E-state index in [1.165, 1.54) is 12.3 Å². The number of hydrogen-bond donors (Lipinski definition) is 2. The van der Waals surface area contributed by atoms with E-state index in [9.17, 15) is 18.0 Å². The minimum Gasteiger partial charge on any atom is -0.356 e. The molecule has 1 amide bonds. The fourth-order valence-corrected chi connectivity index (χ4v) is 5.80. The van der Waals surface area contributed by atoms with E-state index in [4.69, 9.17) is 11.6 Å². The number of halogens is 4. The third-order valence-corrected chi connectivity index (χ3v) is 7.85. The summed E-state index contributed by atoms with van der Waals surface area (Å²) in [6.07, 6.45) is -1.49. The van der Waals surface area contributed by atoms with Crippen LogP contribution in [0.1, 0.15) is 34.3 Å². The molecule has 0 bridgehead atoms. The molecule has 200 valence electrons. The van der Waals surface area contributed by atoms with Crippen LogP contribution in [0.4, 0.5) is 24.7 Å². The highest BCUT2D eigenvalue weighted by Crippen LogP contribution is 2.39. The molecule has 3 heterocycles. The van der Waals surface area contributed by atoms with E-state index in [1.54, 1.807) is 29.2 Å². The van der Waals surface area contributed by atoms with Gasteiger partial charge in [-0.05, 0) is 72.1 Å². The monoisotopic (exact) mass is 550 g/mol. The number of carbonyl (C=O) groups is 1. The topological polar surface area (TPSA) is 57.3 Å². The average Bonchev–Trinajstić information content (AvgIpc) is 3.26. The zero-order valence-corrected chi connectivity index (χ0v) is 21.7. The quantitative estimate of drug-likeness (QED) is 0.268. The molecule has 3 aromatic carbocycles. The van der Waals surface area contributed by atoms with Gasteiger partial charge in [-0.3, -0.25) is 4.79 Å². The van der Waals surface area contributed by atoms with Gasteiger partial charge in [0.2, 0.25) is 0 Å². The molecular formula is C30H26ClF3N4O. The van der Waals surface area contributed by atoms with Gasteiger partial charge in [-0.15, -0.1) is 0 Å². The molecule has 1 aromatic heterocycles. The maximum atomic E-state index is 14.0. The van der Waals surface area contributed by atoms with Gasteiger partial charge in [0.05, 0.1) is 5.56 Å².